The van der Waals surface area contributed by atoms with Crippen molar-refractivity contribution in [3.05, 3.63) is 55.1 Å². The van der Waals surface area contributed by atoms with Crippen LogP contribution < -0.4 is 0 Å². The lowest BCUT2D eigenvalue weighted by Gasteiger charge is -2.11. The van der Waals surface area contributed by atoms with Gasteiger partial charge >= 0.3 is 0 Å². The van der Waals surface area contributed by atoms with Crippen LogP contribution in [0.4, 0.5) is 0 Å². The smallest absolute Gasteiger partial charge is 0.115 e. The first kappa shape index (κ1) is 15.2. The molecule has 0 heterocycles. The molecule has 0 saturated heterocycles. The van der Waals surface area contributed by atoms with E-state index in [1.165, 1.54) is 19.3 Å². The second-order valence-electron chi connectivity index (χ2n) is 3.62. The SMILES string of the molecule is C=CC1CC=CCC1.C=O.Oc1ccccc1. The highest BCUT2D eigenvalue weighted by molar-refractivity contribution is 5.18. The maximum Gasteiger partial charge on any atom is 0.115 e. The predicted octanol–water partition coefficient (Wildman–Crippen LogP) is 3.74. The normalized spacial score (nSPS) is 16.8. The standard InChI is InChI=1S/C8H12.C6H6O.CH2O/c1-2-8-6-4-3-5-7-8;7-6-4-2-1-3-5-6;1-2/h2-4,8H,1,5-7H2;1-5,7H;1H2. The first-order valence-corrected chi connectivity index (χ1v) is 5.63. The van der Waals surface area contributed by atoms with E-state index in [9.17, 15) is 0 Å². The van der Waals surface area contributed by atoms with E-state index in [0.29, 0.717) is 5.75 Å². The molecule has 1 N–H and O–H groups in total. The largest absolute Gasteiger partial charge is 0.508 e. The van der Waals surface area contributed by atoms with Crippen LogP contribution in [0.2, 0.25) is 0 Å². The van der Waals surface area contributed by atoms with Crippen molar-refractivity contribution >= 4 is 6.79 Å². The molecule has 0 spiro atoms. The molecule has 0 radical (unpaired) electrons. The Morgan fingerprint density at radius 1 is 1.18 bits per heavy atom. The van der Waals surface area contributed by atoms with Crippen LogP contribution >= 0.6 is 0 Å². The highest BCUT2D eigenvalue weighted by Crippen LogP contribution is 2.17. The molecule has 1 aliphatic rings. The summed E-state index contributed by atoms with van der Waals surface area (Å²) in [6.45, 7) is 5.75. The van der Waals surface area contributed by atoms with Crippen molar-refractivity contribution in [2.75, 3.05) is 0 Å². The molecule has 0 fully saturated rings. The number of hydrogen-bond acceptors (Lipinski definition) is 2. The lowest BCUT2D eigenvalue weighted by Crippen LogP contribution is -1.96. The molecule has 2 rings (SSSR count). The molecular weight excluding hydrogens is 212 g/mol. The van der Waals surface area contributed by atoms with Crippen molar-refractivity contribution in [1.82, 2.24) is 0 Å². The zero-order chi connectivity index (χ0) is 12.9. The minimum Gasteiger partial charge on any atom is -0.508 e. The van der Waals surface area contributed by atoms with Crippen molar-refractivity contribution in [2.24, 2.45) is 5.92 Å². The Hall–Kier alpha value is -1.83. The number of allylic oxidation sites excluding steroid dienone is 3. The molecule has 1 aromatic rings. The molecule has 1 aliphatic carbocycles. The van der Waals surface area contributed by atoms with Gasteiger partial charge in [-0.1, -0.05) is 36.4 Å². The number of carbonyl (C=O) groups excluding carboxylic acids is 1. The molecule has 0 aromatic heterocycles. The van der Waals surface area contributed by atoms with Gasteiger partial charge in [0, 0.05) is 0 Å². The van der Waals surface area contributed by atoms with E-state index in [-0.39, 0.29) is 0 Å². The van der Waals surface area contributed by atoms with Crippen LogP contribution in [0.3, 0.4) is 0 Å². The molecule has 92 valence electrons. The van der Waals surface area contributed by atoms with Crippen LogP contribution in [0.5, 0.6) is 5.75 Å². The first-order chi connectivity index (χ1) is 8.33. The predicted molar refractivity (Wildman–Crippen MR) is 71.9 cm³/mol. The summed E-state index contributed by atoms with van der Waals surface area (Å²) in [5, 5.41) is 8.63. The van der Waals surface area contributed by atoms with Gasteiger partial charge in [0.1, 0.15) is 12.5 Å². The number of hydrogen-bond donors (Lipinski definition) is 1. The van der Waals surface area contributed by atoms with Gasteiger partial charge < -0.3 is 9.90 Å². The van der Waals surface area contributed by atoms with E-state index < -0.39 is 0 Å². The van der Waals surface area contributed by atoms with Crippen LogP contribution in [0, 0.1) is 5.92 Å². The zero-order valence-electron chi connectivity index (χ0n) is 10.1. The lowest BCUT2D eigenvalue weighted by atomic mass is 9.95. The van der Waals surface area contributed by atoms with E-state index >= 15 is 0 Å². The number of phenols is 1. The van der Waals surface area contributed by atoms with E-state index in [0.717, 1.165) is 5.92 Å². The molecular formula is C15H20O2. The van der Waals surface area contributed by atoms with Crippen molar-refractivity contribution in [2.45, 2.75) is 19.3 Å². The average molecular weight is 232 g/mol. The molecule has 2 nitrogen and oxygen atoms in total. The minimum absolute atomic E-state index is 0.322. The summed E-state index contributed by atoms with van der Waals surface area (Å²) in [7, 11) is 0. The molecule has 17 heavy (non-hydrogen) atoms. The van der Waals surface area contributed by atoms with Gasteiger partial charge in [0.2, 0.25) is 0 Å². The number of para-hydroxylation sites is 1. The first-order valence-electron chi connectivity index (χ1n) is 5.63. The number of carbonyl (C=O) groups is 1. The Morgan fingerprint density at radius 2 is 1.82 bits per heavy atom. The van der Waals surface area contributed by atoms with Gasteiger partial charge in [-0.15, -0.1) is 6.58 Å². The maximum absolute atomic E-state index is 8.63. The molecule has 1 atom stereocenters. The summed E-state index contributed by atoms with van der Waals surface area (Å²) in [5.41, 5.74) is 0. The van der Waals surface area contributed by atoms with Crippen LogP contribution in [-0.2, 0) is 4.79 Å². The molecule has 0 aliphatic heterocycles. The molecule has 0 saturated carbocycles. The highest BCUT2D eigenvalue weighted by atomic mass is 16.3. The lowest BCUT2D eigenvalue weighted by molar-refractivity contribution is -0.0979. The monoisotopic (exact) mass is 232 g/mol. The summed E-state index contributed by atoms with van der Waals surface area (Å²) in [6.07, 6.45) is 10.3. The summed E-state index contributed by atoms with van der Waals surface area (Å²) in [4.78, 5) is 8.00. The number of aromatic hydroxyl groups is 1. The van der Waals surface area contributed by atoms with E-state index in [2.05, 4.69) is 24.8 Å². The number of phenolic OH excluding ortho intramolecular Hbond substituents is 1. The third-order valence-electron chi connectivity index (χ3n) is 2.40. The van der Waals surface area contributed by atoms with Crippen molar-refractivity contribution in [1.29, 1.82) is 0 Å². The van der Waals surface area contributed by atoms with Crippen molar-refractivity contribution < 1.29 is 9.90 Å². The van der Waals surface area contributed by atoms with Gasteiger partial charge in [-0.25, -0.2) is 0 Å². The molecule has 1 unspecified atom stereocenters. The Labute approximate surface area is 103 Å². The fourth-order valence-electron chi connectivity index (χ4n) is 1.46. The zero-order valence-corrected chi connectivity index (χ0v) is 10.1. The fraction of sp³-hybridized carbons (Fsp3) is 0.267. The van der Waals surface area contributed by atoms with Gasteiger partial charge in [-0.3, -0.25) is 0 Å². The van der Waals surface area contributed by atoms with Gasteiger partial charge in [0.25, 0.3) is 0 Å². The van der Waals surface area contributed by atoms with Gasteiger partial charge in [0.05, 0.1) is 0 Å². The fourth-order valence-corrected chi connectivity index (χ4v) is 1.46. The highest BCUT2D eigenvalue weighted by Gasteiger charge is 2.02. The molecule has 0 bridgehead atoms. The van der Waals surface area contributed by atoms with E-state index in [1.54, 1.807) is 24.3 Å². The topological polar surface area (TPSA) is 37.3 Å². The molecule has 0 amide bonds. The average Bonchev–Trinajstić information content (AvgIpc) is 2.43. The second kappa shape index (κ2) is 10.7. The third-order valence-corrected chi connectivity index (χ3v) is 2.40. The summed E-state index contributed by atoms with van der Waals surface area (Å²) < 4.78 is 0. The van der Waals surface area contributed by atoms with Gasteiger partial charge in [-0.2, -0.15) is 0 Å². The van der Waals surface area contributed by atoms with Crippen molar-refractivity contribution in [3.63, 3.8) is 0 Å². The Balaban J connectivity index is 0.000000265. The summed E-state index contributed by atoms with van der Waals surface area (Å²) in [5.74, 6) is 1.09. The number of rotatable bonds is 1. The van der Waals surface area contributed by atoms with Crippen LogP contribution in [-0.4, -0.2) is 11.9 Å². The Bertz CT molecular complexity index is 317. The van der Waals surface area contributed by atoms with Crippen molar-refractivity contribution in [3.8, 4) is 5.75 Å². The van der Waals surface area contributed by atoms with E-state index in [4.69, 9.17) is 9.90 Å². The quantitative estimate of drug-likeness (QED) is 0.749. The molecule has 1 aromatic carbocycles. The molecule has 2 heteroatoms. The number of benzene rings is 1. The Morgan fingerprint density at radius 3 is 2.12 bits per heavy atom. The van der Waals surface area contributed by atoms with Crippen LogP contribution in [0.25, 0.3) is 0 Å². The minimum atomic E-state index is 0.322. The van der Waals surface area contributed by atoms with E-state index in [1.807, 2.05) is 12.9 Å². The van der Waals surface area contributed by atoms with Gasteiger partial charge in [-0.05, 0) is 37.3 Å². The summed E-state index contributed by atoms with van der Waals surface area (Å²) >= 11 is 0. The van der Waals surface area contributed by atoms with Gasteiger partial charge in [0.15, 0.2) is 0 Å². The Kier molecular flexibility index (Phi) is 9.53. The van der Waals surface area contributed by atoms with Crippen LogP contribution in [0.1, 0.15) is 19.3 Å². The third kappa shape index (κ3) is 8.03. The van der Waals surface area contributed by atoms with Crippen LogP contribution in [0.15, 0.2) is 55.1 Å². The maximum atomic E-state index is 8.63. The summed E-state index contributed by atoms with van der Waals surface area (Å²) in [6, 6.07) is 8.71. The second-order valence-corrected chi connectivity index (χ2v) is 3.62.